The number of carbonyl (C=O) groups excluding carboxylic acids is 1. The summed E-state index contributed by atoms with van der Waals surface area (Å²) in [5.74, 6) is 0.806. The molecule has 1 aromatic rings. The molecule has 3 nitrogen and oxygen atoms in total. The summed E-state index contributed by atoms with van der Waals surface area (Å²) in [6.45, 7) is 3.02. The number of Topliss-reactive ketones (excluding diaryl/α,β-unsaturated/α-hetero) is 1. The molecule has 0 N–H and O–H groups in total. The van der Waals surface area contributed by atoms with E-state index < -0.39 is 0 Å². The number of hydrogen-bond acceptors (Lipinski definition) is 3. The number of unbranched alkanes of at least 4 members (excludes halogenated alkanes) is 2. The summed E-state index contributed by atoms with van der Waals surface area (Å²) in [5, 5.41) is 0. The second-order valence-electron chi connectivity index (χ2n) is 3.94. The first-order chi connectivity index (χ1) is 8.27. The maximum absolute atomic E-state index is 11.5. The Morgan fingerprint density at radius 2 is 1.88 bits per heavy atom. The number of ketones is 1. The minimum Gasteiger partial charge on any atom is -0.494 e. The summed E-state index contributed by atoms with van der Waals surface area (Å²) in [7, 11) is 1.52. The molecule has 94 valence electrons. The lowest BCUT2D eigenvalue weighted by Gasteiger charge is -2.06. The van der Waals surface area contributed by atoms with E-state index in [0.29, 0.717) is 5.56 Å². The summed E-state index contributed by atoms with van der Waals surface area (Å²) in [6, 6.07) is 7.21. The van der Waals surface area contributed by atoms with E-state index >= 15 is 0 Å². The largest absolute Gasteiger partial charge is 0.494 e. The molecule has 0 heterocycles. The predicted molar refractivity (Wildman–Crippen MR) is 67.7 cm³/mol. The van der Waals surface area contributed by atoms with Crippen LogP contribution in [0.3, 0.4) is 0 Å². The fraction of sp³-hybridized carbons (Fsp3) is 0.500. The summed E-state index contributed by atoms with van der Waals surface area (Å²) >= 11 is 0. The molecule has 0 aromatic heterocycles. The minimum atomic E-state index is -0.00923. The number of ether oxygens (including phenoxy) is 2. The van der Waals surface area contributed by atoms with Gasteiger partial charge in [0.25, 0.3) is 0 Å². The summed E-state index contributed by atoms with van der Waals surface area (Å²) in [4.78, 5) is 11.5. The van der Waals surface area contributed by atoms with Crippen molar-refractivity contribution in [3.05, 3.63) is 29.8 Å². The monoisotopic (exact) mass is 236 g/mol. The van der Waals surface area contributed by atoms with Crippen LogP contribution in [-0.2, 0) is 4.74 Å². The second-order valence-corrected chi connectivity index (χ2v) is 3.94. The third kappa shape index (κ3) is 5.00. The van der Waals surface area contributed by atoms with Gasteiger partial charge in [0.15, 0.2) is 5.78 Å². The van der Waals surface area contributed by atoms with Crippen molar-refractivity contribution in [3.63, 3.8) is 0 Å². The number of rotatable bonds is 8. The Morgan fingerprint density at radius 1 is 1.18 bits per heavy atom. The third-order valence-corrected chi connectivity index (χ3v) is 2.47. The average Bonchev–Trinajstić information content (AvgIpc) is 2.36. The second kappa shape index (κ2) is 7.85. The molecule has 1 aromatic carbocycles. The molecule has 0 spiro atoms. The van der Waals surface area contributed by atoms with Gasteiger partial charge in [0.05, 0.1) is 6.61 Å². The van der Waals surface area contributed by atoms with Crippen LogP contribution in [0, 0.1) is 0 Å². The fourth-order valence-electron chi connectivity index (χ4n) is 1.49. The van der Waals surface area contributed by atoms with Gasteiger partial charge in [0.1, 0.15) is 12.4 Å². The van der Waals surface area contributed by atoms with Crippen molar-refractivity contribution < 1.29 is 14.3 Å². The molecular formula is C14H20O3. The van der Waals surface area contributed by atoms with Gasteiger partial charge in [-0.3, -0.25) is 4.79 Å². The lowest BCUT2D eigenvalue weighted by Crippen LogP contribution is -2.06. The van der Waals surface area contributed by atoms with Gasteiger partial charge in [0, 0.05) is 12.7 Å². The van der Waals surface area contributed by atoms with Crippen molar-refractivity contribution >= 4 is 5.78 Å². The maximum Gasteiger partial charge on any atom is 0.188 e. The zero-order valence-corrected chi connectivity index (χ0v) is 10.6. The Labute approximate surface area is 103 Å². The molecule has 0 aliphatic heterocycles. The zero-order valence-electron chi connectivity index (χ0n) is 10.6. The highest BCUT2D eigenvalue weighted by Gasteiger charge is 2.04. The first-order valence-electron chi connectivity index (χ1n) is 6.03. The number of benzene rings is 1. The van der Waals surface area contributed by atoms with E-state index in [1.807, 2.05) is 12.1 Å². The number of hydrogen-bond donors (Lipinski definition) is 0. The van der Waals surface area contributed by atoms with E-state index in [2.05, 4.69) is 6.92 Å². The molecule has 0 amide bonds. The van der Waals surface area contributed by atoms with E-state index in [9.17, 15) is 4.79 Å². The van der Waals surface area contributed by atoms with Crippen molar-refractivity contribution in [2.24, 2.45) is 0 Å². The smallest absolute Gasteiger partial charge is 0.188 e. The maximum atomic E-state index is 11.5. The van der Waals surface area contributed by atoms with E-state index in [4.69, 9.17) is 9.47 Å². The van der Waals surface area contributed by atoms with Crippen molar-refractivity contribution in [3.8, 4) is 5.75 Å². The average molecular weight is 236 g/mol. The van der Waals surface area contributed by atoms with Crippen LogP contribution in [0.1, 0.15) is 36.5 Å². The molecule has 3 heteroatoms. The Hall–Kier alpha value is -1.35. The normalized spacial score (nSPS) is 10.2. The Morgan fingerprint density at radius 3 is 2.47 bits per heavy atom. The van der Waals surface area contributed by atoms with Crippen molar-refractivity contribution in [2.75, 3.05) is 20.3 Å². The highest BCUT2D eigenvalue weighted by Crippen LogP contribution is 2.13. The van der Waals surface area contributed by atoms with Crippen LogP contribution in [0.15, 0.2) is 24.3 Å². The van der Waals surface area contributed by atoms with Crippen LogP contribution in [0.5, 0.6) is 5.75 Å². The van der Waals surface area contributed by atoms with E-state index in [1.54, 1.807) is 12.1 Å². The third-order valence-electron chi connectivity index (χ3n) is 2.47. The lowest BCUT2D eigenvalue weighted by molar-refractivity contribution is 0.0848. The van der Waals surface area contributed by atoms with Gasteiger partial charge in [-0.1, -0.05) is 19.8 Å². The van der Waals surface area contributed by atoms with E-state index in [-0.39, 0.29) is 12.4 Å². The molecule has 0 aliphatic rings. The molecule has 17 heavy (non-hydrogen) atoms. The molecule has 0 radical (unpaired) electrons. The molecule has 0 bridgehead atoms. The molecule has 0 unspecified atom stereocenters. The first kappa shape index (κ1) is 13.7. The zero-order chi connectivity index (χ0) is 12.5. The molecule has 0 fully saturated rings. The SMILES string of the molecule is CCCCCOc1ccc(C(=O)COC)cc1. The summed E-state index contributed by atoms with van der Waals surface area (Å²) < 4.78 is 10.4. The highest BCUT2D eigenvalue weighted by molar-refractivity contribution is 5.97. The van der Waals surface area contributed by atoms with Crippen molar-refractivity contribution in [1.29, 1.82) is 0 Å². The molecule has 0 saturated heterocycles. The Bertz CT molecular complexity index is 330. The van der Waals surface area contributed by atoms with Crippen molar-refractivity contribution in [1.82, 2.24) is 0 Å². The molecule has 0 aliphatic carbocycles. The Kier molecular flexibility index (Phi) is 6.33. The molecular weight excluding hydrogens is 216 g/mol. The summed E-state index contributed by atoms with van der Waals surface area (Å²) in [6.07, 6.45) is 3.44. The van der Waals surface area contributed by atoms with Crippen LogP contribution >= 0.6 is 0 Å². The van der Waals surface area contributed by atoms with Crippen LogP contribution in [0.2, 0.25) is 0 Å². The fourth-order valence-corrected chi connectivity index (χ4v) is 1.49. The Balaban J connectivity index is 2.42. The van der Waals surface area contributed by atoms with Crippen LogP contribution in [0.25, 0.3) is 0 Å². The summed E-state index contributed by atoms with van der Waals surface area (Å²) in [5.41, 5.74) is 0.660. The minimum absolute atomic E-state index is 0.00923. The molecule has 1 rings (SSSR count). The van der Waals surface area contributed by atoms with Crippen LogP contribution in [-0.4, -0.2) is 26.1 Å². The molecule has 0 atom stereocenters. The van der Waals surface area contributed by atoms with E-state index in [1.165, 1.54) is 20.0 Å². The number of methoxy groups -OCH3 is 1. The van der Waals surface area contributed by atoms with Gasteiger partial charge < -0.3 is 9.47 Å². The highest BCUT2D eigenvalue weighted by atomic mass is 16.5. The van der Waals surface area contributed by atoms with Gasteiger partial charge in [-0.2, -0.15) is 0 Å². The predicted octanol–water partition coefficient (Wildman–Crippen LogP) is 3.08. The standard InChI is InChI=1S/C14H20O3/c1-3-4-5-10-17-13-8-6-12(7-9-13)14(15)11-16-2/h6-9H,3-5,10-11H2,1-2H3. The van der Waals surface area contributed by atoms with Crippen LogP contribution in [0.4, 0.5) is 0 Å². The van der Waals surface area contributed by atoms with Gasteiger partial charge in [-0.15, -0.1) is 0 Å². The van der Waals surface area contributed by atoms with Gasteiger partial charge in [-0.05, 0) is 30.7 Å². The first-order valence-corrected chi connectivity index (χ1v) is 6.03. The van der Waals surface area contributed by atoms with Crippen LogP contribution < -0.4 is 4.74 Å². The van der Waals surface area contributed by atoms with Gasteiger partial charge >= 0.3 is 0 Å². The van der Waals surface area contributed by atoms with Crippen molar-refractivity contribution in [2.45, 2.75) is 26.2 Å². The quantitative estimate of drug-likeness (QED) is 0.514. The molecule has 0 saturated carbocycles. The topological polar surface area (TPSA) is 35.5 Å². The number of carbonyl (C=O) groups is 1. The lowest BCUT2D eigenvalue weighted by atomic mass is 10.1. The van der Waals surface area contributed by atoms with Gasteiger partial charge in [0.2, 0.25) is 0 Å². The van der Waals surface area contributed by atoms with Gasteiger partial charge in [-0.25, -0.2) is 0 Å². The van der Waals surface area contributed by atoms with E-state index in [0.717, 1.165) is 18.8 Å².